The maximum atomic E-state index is 2.59. The van der Waals surface area contributed by atoms with Crippen molar-refractivity contribution < 1.29 is 0 Å². The van der Waals surface area contributed by atoms with E-state index in [0.717, 1.165) is 11.8 Å². The van der Waals surface area contributed by atoms with E-state index in [4.69, 9.17) is 0 Å². The van der Waals surface area contributed by atoms with E-state index in [1.807, 2.05) is 11.1 Å². The van der Waals surface area contributed by atoms with Gasteiger partial charge in [-0.1, -0.05) is 52.7 Å². The molecule has 4 bridgehead atoms. The molecule has 0 spiro atoms. The molecule has 4 aliphatic carbocycles. The molecule has 4 rings (SSSR count). The van der Waals surface area contributed by atoms with Crippen molar-refractivity contribution in [2.75, 3.05) is 0 Å². The first-order valence-electron chi connectivity index (χ1n) is 8.87. The molecule has 20 heavy (non-hydrogen) atoms. The molecule has 0 nitrogen and oxygen atoms in total. The van der Waals surface area contributed by atoms with Gasteiger partial charge in [-0.25, -0.2) is 0 Å². The molecule has 112 valence electrons. The average Bonchev–Trinajstić information content (AvgIpc) is 2.97. The zero-order chi connectivity index (χ0) is 14.6. The minimum atomic E-state index is 0.465. The highest BCUT2D eigenvalue weighted by molar-refractivity contribution is 5.44. The maximum Gasteiger partial charge on any atom is -0.0105 e. The molecule has 0 saturated heterocycles. The van der Waals surface area contributed by atoms with Gasteiger partial charge in [0.2, 0.25) is 0 Å². The molecule has 0 aromatic rings. The first kappa shape index (κ1) is 13.4. The lowest BCUT2D eigenvalue weighted by atomic mass is 9.58. The van der Waals surface area contributed by atoms with E-state index in [0.29, 0.717) is 21.7 Å². The quantitative estimate of drug-likeness (QED) is 0.476. The molecule has 0 amide bonds. The Bertz CT molecular complexity index is 447. The summed E-state index contributed by atoms with van der Waals surface area (Å²) in [5.41, 5.74) is 5.86. The lowest BCUT2D eigenvalue weighted by Crippen LogP contribution is -2.36. The van der Waals surface area contributed by atoms with Crippen molar-refractivity contribution in [2.24, 2.45) is 33.5 Å². The first-order valence-corrected chi connectivity index (χ1v) is 8.87. The summed E-state index contributed by atoms with van der Waals surface area (Å²) in [5.74, 6) is 1.90. The van der Waals surface area contributed by atoms with E-state index in [2.05, 4.69) is 41.5 Å². The molecule has 4 atom stereocenters. The number of fused-ring (bicyclic) bond motifs is 4. The summed E-state index contributed by atoms with van der Waals surface area (Å²) in [6, 6.07) is 0. The molecule has 0 radical (unpaired) electrons. The van der Waals surface area contributed by atoms with Crippen LogP contribution < -0.4 is 0 Å². The number of hydrogen-bond donors (Lipinski definition) is 0. The Morgan fingerprint density at radius 1 is 0.650 bits per heavy atom. The van der Waals surface area contributed by atoms with Gasteiger partial charge in [0.05, 0.1) is 0 Å². The van der Waals surface area contributed by atoms with Crippen molar-refractivity contribution in [1.82, 2.24) is 0 Å². The van der Waals surface area contributed by atoms with Crippen LogP contribution in [0.25, 0.3) is 0 Å². The Kier molecular flexibility index (Phi) is 2.27. The van der Waals surface area contributed by atoms with Crippen molar-refractivity contribution >= 4 is 0 Å². The van der Waals surface area contributed by atoms with Gasteiger partial charge in [-0.15, -0.1) is 0 Å². The van der Waals surface area contributed by atoms with Crippen molar-refractivity contribution in [1.29, 1.82) is 0 Å². The largest absolute Gasteiger partial charge is 0.0580 e. The van der Waals surface area contributed by atoms with Crippen LogP contribution in [-0.2, 0) is 0 Å². The van der Waals surface area contributed by atoms with Gasteiger partial charge in [-0.3, -0.25) is 0 Å². The van der Waals surface area contributed by atoms with E-state index < -0.39 is 0 Å². The molecule has 0 N–H and O–H groups in total. The van der Waals surface area contributed by atoms with Crippen LogP contribution in [0.15, 0.2) is 11.1 Å². The molecule has 0 heteroatoms. The van der Waals surface area contributed by atoms with Gasteiger partial charge in [0.25, 0.3) is 0 Å². The third-order valence-corrected chi connectivity index (χ3v) is 8.27. The average molecular weight is 272 g/mol. The standard InChI is InChI=1S/C20H32/c1-17(2)13-7-9-19(5,11-13)15(17)16-18(3,4)14-8-10-20(16,6)12-14/h13-14H,7-12H2,1-6H3/b16-15-/t13-,14-,19+,20+/m0/s1. The molecule has 0 aromatic heterocycles. The van der Waals surface area contributed by atoms with Gasteiger partial charge in [-0.2, -0.15) is 0 Å². The zero-order valence-electron chi connectivity index (χ0n) is 14.4. The third kappa shape index (κ3) is 1.30. The second kappa shape index (κ2) is 3.39. The molecule has 4 fully saturated rings. The monoisotopic (exact) mass is 272 g/mol. The van der Waals surface area contributed by atoms with Crippen LogP contribution in [0.1, 0.15) is 80.1 Å². The Hall–Kier alpha value is -0.260. The maximum absolute atomic E-state index is 2.59. The Balaban J connectivity index is 1.98. The van der Waals surface area contributed by atoms with Crippen LogP contribution in [-0.4, -0.2) is 0 Å². The van der Waals surface area contributed by atoms with Crippen LogP contribution in [0.2, 0.25) is 0 Å². The van der Waals surface area contributed by atoms with Gasteiger partial charge in [-0.05, 0) is 72.0 Å². The number of rotatable bonds is 0. The molecule has 4 saturated carbocycles. The Morgan fingerprint density at radius 3 is 1.25 bits per heavy atom. The zero-order valence-corrected chi connectivity index (χ0v) is 14.4. The molecular formula is C20H32. The summed E-state index contributed by atoms with van der Waals surface area (Å²) < 4.78 is 0. The predicted octanol–water partition coefficient (Wildman–Crippen LogP) is 5.98. The van der Waals surface area contributed by atoms with E-state index >= 15 is 0 Å². The van der Waals surface area contributed by atoms with Gasteiger partial charge in [0.1, 0.15) is 0 Å². The lowest BCUT2D eigenvalue weighted by molar-refractivity contribution is 0.223. The smallest absolute Gasteiger partial charge is 0.0105 e. The molecule has 0 heterocycles. The minimum Gasteiger partial charge on any atom is -0.0580 e. The van der Waals surface area contributed by atoms with Crippen LogP contribution in [0, 0.1) is 33.5 Å². The van der Waals surface area contributed by atoms with Crippen molar-refractivity contribution in [2.45, 2.75) is 80.1 Å². The highest BCUT2D eigenvalue weighted by Gasteiger charge is 2.63. The third-order valence-electron chi connectivity index (χ3n) is 8.27. The van der Waals surface area contributed by atoms with Crippen LogP contribution in [0.4, 0.5) is 0 Å². The summed E-state index contributed by atoms with van der Waals surface area (Å²) in [6.07, 6.45) is 8.79. The van der Waals surface area contributed by atoms with Gasteiger partial charge in [0, 0.05) is 0 Å². The van der Waals surface area contributed by atoms with Gasteiger partial charge in [0.15, 0.2) is 0 Å². The summed E-state index contributed by atoms with van der Waals surface area (Å²) >= 11 is 0. The van der Waals surface area contributed by atoms with E-state index in [9.17, 15) is 0 Å². The highest BCUT2D eigenvalue weighted by Crippen LogP contribution is 2.74. The van der Waals surface area contributed by atoms with Gasteiger partial charge < -0.3 is 0 Å². The highest BCUT2D eigenvalue weighted by atomic mass is 14.7. The van der Waals surface area contributed by atoms with E-state index in [1.165, 1.54) is 38.5 Å². The number of hydrogen-bond acceptors (Lipinski definition) is 0. The van der Waals surface area contributed by atoms with Crippen molar-refractivity contribution in [3.63, 3.8) is 0 Å². The second-order valence-electron chi connectivity index (χ2n) is 10.2. The fourth-order valence-corrected chi connectivity index (χ4v) is 7.38. The topological polar surface area (TPSA) is 0 Å². The molecule has 0 aliphatic heterocycles. The predicted molar refractivity (Wildman–Crippen MR) is 85.5 cm³/mol. The van der Waals surface area contributed by atoms with E-state index in [1.54, 1.807) is 0 Å². The Labute approximate surface area is 125 Å². The summed E-state index contributed by atoms with van der Waals surface area (Å²) in [6.45, 7) is 15.4. The summed E-state index contributed by atoms with van der Waals surface area (Å²) in [7, 11) is 0. The normalized spacial score (nSPS) is 54.9. The molecular weight excluding hydrogens is 240 g/mol. The molecule has 0 aromatic carbocycles. The summed E-state index contributed by atoms with van der Waals surface area (Å²) in [4.78, 5) is 0. The number of allylic oxidation sites excluding steroid dienone is 2. The van der Waals surface area contributed by atoms with Crippen LogP contribution in [0.3, 0.4) is 0 Å². The van der Waals surface area contributed by atoms with Crippen molar-refractivity contribution in [3.8, 4) is 0 Å². The first-order chi connectivity index (χ1) is 9.11. The van der Waals surface area contributed by atoms with E-state index in [-0.39, 0.29) is 0 Å². The minimum absolute atomic E-state index is 0.465. The summed E-state index contributed by atoms with van der Waals surface area (Å²) in [5, 5.41) is 0. The van der Waals surface area contributed by atoms with Crippen molar-refractivity contribution in [3.05, 3.63) is 11.1 Å². The van der Waals surface area contributed by atoms with Crippen LogP contribution >= 0.6 is 0 Å². The second-order valence-corrected chi connectivity index (χ2v) is 10.2. The Morgan fingerprint density at radius 2 is 1.00 bits per heavy atom. The molecule has 0 unspecified atom stereocenters. The fourth-order valence-electron chi connectivity index (χ4n) is 7.38. The lowest BCUT2D eigenvalue weighted by Gasteiger charge is -2.47. The fraction of sp³-hybridized carbons (Fsp3) is 0.900. The van der Waals surface area contributed by atoms with Gasteiger partial charge >= 0.3 is 0 Å². The van der Waals surface area contributed by atoms with Crippen LogP contribution in [0.5, 0.6) is 0 Å². The SMILES string of the molecule is CC1(C)/C(=C2\C(C)(C)[C@H]3CC[C@]2(C)C3)[C@]2(C)CC[C@H]1C2. The molecule has 4 aliphatic rings.